The summed E-state index contributed by atoms with van der Waals surface area (Å²) in [6.07, 6.45) is 1.47. The Morgan fingerprint density at radius 3 is 2.28 bits per heavy atom. The molecule has 2 unspecified atom stereocenters. The van der Waals surface area contributed by atoms with E-state index >= 15 is 0 Å². The average Bonchev–Trinajstić information content (AvgIpc) is 3.19. The van der Waals surface area contributed by atoms with Crippen LogP contribution >= 0.6 is 7.60 Å². The molecule has 146 valence electrons. The zero-order valence-corrected chi connectivity index (χ0v) is 18.5. The fraction of sp³-hybridized carbons (Fsp3) is 1.00. The lowest BCUT2D eigenvalue weighted by Crippen LogP contribution is -2.41. The molecule has 0 bridgehead atoms. The van der Waals surface area contributed by atoms with Gasteiger partial charge in [-0.3, -0.25) is 4.57 Å². The van der Waals surface area contributed by atoms with E-state index in [0.29, 0.717) is 19.1 Å². The lowest BCUT2D eigenvalue weighted by Gasteiger charge is -2.37. The summed E-state index contributed by atoms with van der Waals surface area (Å²) in [6, 6.07) is 0.101. The van der Waals surface area contributed by atoms with Crippen molar-refractivity contribution in [2.45, 2.75) is 82.7 Å². The first kappa shape index (κ1) is 21.6. The van der Waals surface area contributed by atoms with Gasteiger partial charge in [0.05, 0.1) is 19.3 Å². The average molecular weight is 392 g/mol. The maximum absolute atomic E-state index is 12.8. The van der Waals surface area contributed by atoms with Crippen molar-refractivity contribution in [2.24, 2.45) is 5.92 Å². The van der Waals surface area contributed by atoms with Gasteiger partial charge in [0.25, 0.3) is 0 Å². The zero-order chi connectivity index (χ0) is 19.0. The van der Waals surface area contributed by atoms with Gasteiger partial charge in [0.2, 0.25) is 0 Å². The molecule has 2 aliphatic rings. The van der Waals surface area contributed by atoms with Gasteiger partial charge < -0.3 is 23.3 Å². The molecule has 2 rings (SSSR count). The standard InChI is InChI=1S/C16H34BO6PSi/c1-7-20-24(18,21-8-2)15-13(23-15)12-9-11(14(17)22-12)10-16(3,4)25(5,6)19/h11-15,19H,7-10,17H2,1-6H3/t11-,12+,13?,14-,15?/m1/s1. The van der Waals surface area contributed by atoms with Crippen LogP contribution in [0, 0.1) is 5.92 Å². The van der Waals surface area contributed by atoms with Gasteiger partial charge in [-0.15, -0.1) is 0 Å². The van der Waals surface area contributed by atoms with Crippen LogP contribution in [0.1, 0.15) is 40.5 Å². The van der Waals surface area contributed by atoms with Crippen molar-refractivity contribution < 1.29 is 27.9 Å². The van der Waals surface area contributed by atoms with Crippen LogP contribution in [0.5, 0.6) is 0 Å². The highest BCUT2D eigenvalue weighted by atomic mass is 31.2. The summed E-state index contributed by atoms with van der Waals surface area (Å²) in [4.78, 5) is 10.5. The summed E-state index contributed by atoms with van der Waals surface area (Å²) < 4.78 is 35.4. The van der Waals surface area contributed by atoms with Gasteiger partial charge in [0, 0.05) is 6.00 Å². The maximum atomic E-state index is 12.8. The van der Waals surface area contributed by atoms with E-state index in [1.54, 1.807) is 13.8 Å². The second-order valence-electron chi connectivity index (χ2n) is 8.39. The second kappa shape index (κ2) is 7.74. The molecule has 25 heavy (non-hydrogen) atoms. The maximum Gasteiger partial charge on any atom is 0.361 e. The van der Waals surface area contributed by atoms with Crippen molar-refractivity contribution in [3.8, 4) is 0 Å². The van der Waals surface area contributed by atoms with Crippen molar-refractivity contribution in [1.82, 2.24) is 0 Å². The van der Waals surface area contributed by atoms with Crippen LogP contribution in [-0.2, 0) is 23.1 Å². The summed E-state index contributed by atoms with van der Waals surface area (Å²) in [6.45, 7) is 12.5. The topological polar surface area (TPSA) is 77.5 Å². The van der Waals surface area contributed by atoms with E-state index in [-0.39, 0.29) is 23.2 Å². The minimum atomic E-state index is -3.23. The molecule has 2 fully saturated rings. The van der Waals surface area contributed by atoms with Crippen molar-refractivity contribution in [1.29, 1.82) is 0 Å². The minimum absolute atomic E-state index is 0.0834. The molecule has 6 nitrogen and oxygen atoms in total. The first-order valence-corrected chi connectivity index (χ1v) is 13.9. The summed E-state index contributed by atoms with van der Waals surface area (Å²) >= 11 is 0. The Balaban J connectivity index is 1.98. The Morgan fingerprint density at radius 2 is 1.80 bits per heavy atom. The number of epoxide rings is 1. The predicted molar refractivity (Wildman–Crippen MR) is 103 cm³/mol. The van der Waals surface area contributed by atoms with Crippen LogP contribution < -0.4 is 0 Å². The van der Waals surface area contributed by atoms with Gasteiger partial charge in [0.15, 0.2) is 14.2 Å². The lowest BCUT2D eigenvalue weighted by atomic mass is 9.80. The Hall–Kier alpha value is 0.312. The molecule has 5 atom stereocenters. The summed E-state index contributed by atoms with van der Waals surface area (Å²) in [5, 5.41) is -0.0834. The Bertz CT molecular complexity index is 501. The fourth-order valence-electron chi connectivity index (χ4n) is 3.48. The molecule has 0 aromatic rings. The molecule has 0 radical (unpaired) electrons. The summed E-state index contributed by atoms with van der Waals surface area (Å²) in [7, 11) is -3.40. The van der Waals surface area contributed by atoms with E-state index in [2.05, 4.69) is 21.7 Å². The SMILES string of the molecule is B[C@@H]1O[C@H](C2OC2P(=O)(OCC)OCC)C[C@@H]1CC(C)(C)[Si](C)(C)O. The van der Waals surface area contributed by atoms with Gasteiger partial charge in [0.1, 0.15) is 14.0 Å². The van der Waals surface area contributed by atoms with E-state index in [9.17, 15) is 9.36 Å². The molecular weight excluding hydrogens is 358 g/mol. The summed E-state index contributed by atoms with van der Waals surface area (Å²) in [5.41, 5.74) is 0. The number of hydrogen-bond acceptors (Lipinski definition) is 6. The van der Waals surface area contributed by atoms with Gasteiger partial charge in [-0.25, -0.2) is 0 Å². The molecule has 0 aromatic carbocycles. The van der Waals surface area contributed by atoms with Crippen molar-refractivity contribution in [3.63, 3.8) is 0 Å². The van der Waals surface area contributed by atoms with Gasteiger partial charge >= 0.3 is 7.60 Å². The number of hydrogen-bond donors (Lipinski definition) is 1. The third kappa shape index (κ3) is 4.78. The normalized spacial score (nSPS) is 33.6. The molecule has 2 saturated heterocycles. The van der Waals surface area contributed by atoms with Gasteiger partial charge in [-0.05, 0) is 50.7 Å². The van der Waals surface area contributed by atoms with Crippen molar-refractivity contribution in [3.05, 3.63) is 0 Å². The molecule has 9 heteroatoms. The van der Waals surface area contributed by atoms with Crippen molar-refractivity contribution >= 4 is 23.8 Å². The highest BCUT2D eigenvalue weighted by Crippen LogP contribution is 2.63. The Morgan fingerprint density at radius 1 is 1.24 bits per heavy atom. The molecule has 1 N–H and O–H groups in total. The van der Waals surface area contributed by atoms with E-state index in [4.69, 9.17) is 18.5 Å². The zero-order valence-electron chi connectivity index (χ0n) is 16.7. The first-order chi connectivity index (χ1) is 11.4. The quantitative estimate of drug-likeness (QED) is 0.369. The fourth-order valence-corrected chi connectivity index (χ4v) is 6.18. The monoisotopic (exact) mass is 392 g/mol. The van der Waals surface area contributed by atoms with Crippen LogP contribution in [0.3, 0.4) is 0 Å². The molecule has 2 aliphatic heterocycles. The number of rotatable bonds is 9. The van der Waals surface area contributed by atoms with Gasteiger partial charge in [-0.2, -0.15) is 0 Å². The molecule has 2 heterocycles. The van der Waals surface area contributed by atoms with Crippen LogP contribution in [0.4, 0.5) is 0 Å². The largest absolute Gasteiger partial charge is 0.432 e. The minimum Gasteiger partial charge on any atom is -0.432 e. The molecule has 0 saturated carbocycles. The highest BCUT2D eigenvalue weighted by molar-refractivity contribution is 7.54. The summed E-state index contributed by atoms with van der Waals surface area (Å²) in [5.74, 6) is -0.151. The van der Waals surface area contributed by atoms with E-state index in [1.165, 1.54) is 0 Å². The molecule has 0 aliphatic carbocycles. The van der Waals surface area contributed by atoms with Crippen LogP contribution in [0.25, 0.3) is 0 Å². The van der Waals surface area contributed by atoms with E-state index in [0.717, 1.165) is 12.8 Å². The third-order valence-electron chi connectivity index (χ3n) is 5.81. The smallest absolute Gasteiger partial charge is 0.361 e. The van der Waals surface area contributed by atoms with Gasteiger partial charge in [-0.1, -0.05) is 13.8 Å². The highest BCUT2D eigenvalue weighted by Gasteiger charge is 2.60. The predicted octanol–water partition coefficient (Wildman–Crippen LogP) is 2.71. The lowest BCUT2D eigenvalue weighted by molar-refractivity contribution is 0.0603. The third-order valence-corrected chi connectivity index (χ3v) is 11.6. The van der Waals surface area contributed by atoms with Crippen LogP contribution in [0.15, 0.2) is 0 Å². The van der Waals surface area contributed by atoms with E-state index in [1.807, 2.05) is 13.1 Å². The molecule has 0 amide bonds. The molecule has 0 aromatic heterocycles. The first-order valence-electron chi connectivity index (χ1n) is 9.37. The Kier molecular flexibility index (Phi) is 6.69. The number of ether oxygens (including phenoxy) is 2. The molecular formula is C16H34BO6PSi. The van der Waals surface area contributed by atoms with E-state index < -0.39 is 21.8 Å². The van der Waals surface area contributed by atoms with Crippen LogP contribution in [0.2, 0.25) is 18.1 Å². The van der Waals surface area contributed by atoms with Crippen LogP contribution in [-0.4, -0.2) is 58.2 Å². The molecule has 0 spiro atoms. The second-order valence-corrected chi connectivity index (χ2v) is 15.0. The van der Waals surface area contributed by atoms with Crippen molar-refractivity contribution in [2.75, 3.05) is 13.2 Å². The Labute approximate surface area is 154 Å².